The van der Waals surface area contributed by atoms with Gasteiger partial charge < -0.3 is 9.84 Å². The van der Waals surface area contributed by atoms with E-state index >= 15 is 0 Å². The van der Waals surface area contributed by atoms with Gasteiger partial charge in [0.1, 0.15) is 5.75 Å². The highest BCUT2D eigenvalue weighted by Crippen LogP contribution is 2.25. The molecule has 0 aliphatic rings. The van der Waals surface area contributed by atoms with E-state index in [1.54, 1.807) is 13.2 Å². The Morgan fingerprint density at radius 1 is 1.33 bits per heavy atom. The number of rotatable bonds is 5. The second kappa shape index (κ2) is 5.69. The molecule has 2 aromatic carbocycles. The van der Waals surface area contributed by atoms with E-state index in [0.717, 1.165) is 16.7 Å². The fraction of sp³-hybridized carbons (Fsp3) is 0.250. The lowest BCUT2D eigenvalue weighted by molar-refractivity contribution is 0.179. The maximum atomic E-state index is 9.89. The van der Waals surface area contributed by atoms with Gasteiger partial charge >= 0.3 is 0 Å². The Bertz CT molecular complexity index is 546. The molecule has 0 aliphatic heterocycles. The minimum absolute atomic E-state index is 0.376. The summed E-state index contributed by atoms with van der Waals surface area (Å²) in [5.74, 6) is 0.841. The van der Waals surface area contributed by atoms with E-state index < -0.39 is 0 Å². The summed E-state index contributed by atoms with van der Waals surface area (Å²) in [6, 6.07) is 12.1. The molecule has 0 aromatic heterocycles. The second-order valence-corrected chi connectivity index (χ2v) is 4.39. The molecule has 1 N–H and O–H groups in total. The van der Waals surface area contributed by atoms with Crippen LogP contribution in [0.3, 0.4) is 0 Å². The monoisotopic (exact) mass is 242 g/mol. The van der Waals surface area contributed by atoms with E-state index in [1.807, 2.05) is 30.3 Å². The molecule has 18 heavy (non-hydrogen) atoms. The van der Waals surface area contributed by atoms with Crippen molar-refractivity contribution >= 4 is 10.8 Å². The molecule has 0 spiro atoms. The molecule has 0 bridgehead atoms. The number of hydrogen-bond acceptors (Lipinski definition) is 2. The first-order valence-electron chi connectivity index (χ1n) is 6.09. The number of aliphatic hydroxyl groups is 1. The molecule has 1 atom stereocenters. The number of fused-ring (bicyclic) bond motifs is 1. The van der Waals surface area contributed by atoms with Crippen molar-refractivity contribution in [2.45, 2.75) is 18.9 Å². The molecule has 0 heterocycles. The largest absolute Gasteiger partial charge is 0.497 e. The number of aliphatic hydroxyl groups excluding tert-OH is 1. The third-order valence-electron chi connectivity index (χ3n) is 3.07. The molecule has 2 nitrogen and oxygen atoms in total. The zero-order valence-corrected chi connectivity index (χ0v) is 10.6. The molecule has 0 fully saturated rings. The predicted octanol–water partition coefficient (Wildman–Crippen LogP) is 3.33. The summed E-state index contributed by atoms with van der Waals surface area (Å²) < 4.78 is 5.25. The molecule has 0 radical (unpaired) electrons. The van der Waals surface area contributed by atoms with Crippen LogP contribution in [0.4, 0.5) is 0 Å². The Hall–Kier alpha value is -1.80. The van der Waals surface area contributed by atoms with E-state index in [-0.39, 0.29) is 6.10 Å². The normalized spacial score (nSPS) is 12.3. The molecule has 0 aliphatic carbocycles. The lowest BCUT2D eigenvalue weighted by atomic mass is 9.98. The van der Waals surface area contributed by atoms with Crippen LogP contribution in [0, 0.1) is 0 Å². The predicted molar refractivity (Wildman–Crippen MR) is 75.0 cm³/mol. The maximum Gasteiger partial charge on any atom is 0.119 e. The van der Waals surface area contributed by atoms with Gasteiger partial charge in [0.2, 0.25) is 0 Å². The number of benzene rings is 2. The van der Waals surface area contributed by atoms with Crippen LogP contribution in [0.1, 0.15) is 12.0 Å². The zero-order valence-electron chi connectivity index (χ0n) is 10.6. The van der Waals surface area contributed by atoms with Crippen LogP contribution in [0.5, 0.6) is 5.75 Å². The van der Waals surface area contributed by atoms with E-state index in [2.05, 4.69) is 12.6 Å². The van der Waals surface area contributed by atoms with Crippen LogP contribution in [0.25, 0.3) is 10.8 Å². The van der Waals surface area contributed by atoms with Crippen molar-refractivity contribution in [3.8, 4) is 5.75 Å². The van der Waals surface area contributed by atoms with Crippen LogP contribution >= 0.6 is 0 Å². The standard InChI is InChI=1S/C16H18O2/c1-3-5-14(17)10-13-7-4-6-12-8-9-15(18-2)11-16(12)13/h3-4,6-9,11,14,17H,1,5,10H2,2H3. The number of hydrogen-bond donors (Lipinski definition) is 1. The first kappa shape index (κ1) is 12.7. The van der Waals surface area contributed by atoms with E-state index in [0.29, 0.717) is 12.8 Å². The summed E-state index contributed by atoms with van der Waals surface area (Å²) in [5, 5.41) is 12.2. The van der Waals surface area contributed by atoms with Crippen molar-refractivity contribution in [2.24, 2.45) is 0 Å². The van der Waals surface area contributed by atoms with Crippen molar-refractivity contribution in [1.29, 1.82) is 0 Å². The Morgan fingerprint density at radius 3 is 2.89 bits per heavy atom. The Balaban J connectivity index is 2.39. The topological polar surface area (TPSA) is 29.5 Å². The summed E-state index contributed by atoms with van der Waals surface area (Å²) in [5.41, 5.74) is 1.14. The van der Waals surface area contributed by atoms with Crippen molar-refractivity contribution in [3.05, 3.63) is 54.6 Å². The zero-order chi connectivity index (χ0) is 13.0. The highest BCUT2D eigenvalue weighted by atomic mass is 16.5. The fourth-order valence-electron chi connectivity index (χ4n) is 2.15. The molecule has 1 unspecified atom stereocenters. The van der Waals surface area contributed by atoms with E-state index in [4.69, 9.17) is 4.74 Å². The minimum Gasteiger partial charge on any atom is -0.497 e. The molecule has 0 saturated carbocycles. The third kappa shape index (κ3) is 2.71. The van der Waals surface area contributed by atoms with Gasteiger partial charge in [-0.05, 0) is 41.3 Å². The summed E-state index contributed by atoms with van der Waals surface area (Å²) in [6.07, 6.45) is 2.62. The average molecular weight is 242 g/mol. The van der Waals surface area contributed by atoms with Crippen molar-refractivity contribution < 1.29 is 9.84 Å². The summed E-state index contributed by atoms with van der Waals surface area (Å²) in [6.45, 7) is 3.65. The van der Waals surface area contributed by atoms with Crippen LogP contribution in [-0.4, -0.2) is 18.3 Å². The Labute approximate surface area is 108 Å². The van der Waals surface area contributed by atoms with Gasteiger partial charge in [-0.2, -0.15) is 0 Å². The molecule has 2 aromatic rings. The highest BCUT2D eigenvalue weighted by Gasteiger charge is 2.07. The lowest BCUT2D eigenvalue weighted by Gasteiger charge is -2.11. The van der Waals surface area contributed by atoms with Crippen LogP contribution in [0.2, 0.25) is 0 Å². The first-order chi connectivity index (χ1) is 8.74. The highest BCUT2D eigenvalue weighted by molar-refractivity contribution is 5.87. The van der Waals surface area contributed by atoms with E-state index in [9.17, 15) is 5.11 Å². The number of methoxy groups -OCH3 is 1. The van der Waals surface area contributed by atoms with Gasteiger partial charge in [0.15, 0.2) is 0 Å². The molecular formula is C16H18O2. The van der Waals surface area contributed by atoms with Gasteiger partial charge in [-0.1, -0.05) is 30.3 Å². The molecule has 0 amide bonds. The summed E-state index contributed by atoms with van der Waals surface area (Å²) >= 11 is 0. The SMILES string of the molecule is C=CCC(O)Cc1cccc2ccc(OC)cc12. The second-order valence-electron chi connectivity index (χ2n) is 4.39. The average Bonchev–Trinajstić information content (AvgIpc) is 2.39. The van der Waals surface area contributed by atoms with Crippen LogP contribution < -0.4 is 4.74 Å². The molecule has 0 saturated heterocycles. The maximum absolute atomic E-state index is 9.89. The van der Waals surface area contributed by atoms with Gasteiger partial charge in [0.25, 0.3) is 0 Å². The third-order valence-corrected chi connectivity index (χ3v) is 3.07. The van der Waals surface area contributed by atoms with Gasteiger partial charge in [0, 0.05) is 0 Å². The Kier molecular flexibility index (Phi) is 4.00. The minimum atomic E-state index is -0.376. The lowest BCUT2D eigenvalue weighted by Crippen LogP contribution is -2.09. The number of ether oxygens (including phenoxy) is 1. The summed E-state index contributed by atoms with van der Waals surface area (Å²) in [7, 11) is 1.66. The van der Waals surface area contributed by atoms with Crippen molar-refractivity contribution in [2.75, 3.05) is 7.11 Å². The molecular weight excluding hydrogens is 224 g/mol. The smallest absolute Gasteiger partial charge is 0.119 e. The quantitative estimate of drug-likeness (QED) is 0.815. The van der Waals surface area contributed by atoms with Gasteiger partial charge in [-0.15, -0.1) is 6.58 Å². The first-order valence-corrected chi connectivity index (χ1v) is 6.09. The molecule has 2 heteroatoms. The van der Waals surface area contributed by atoms with Gasteiger partial charge in [0.05, 0.1) is 13.2 Å². The van der Waals surface area contributed by atoms with Crippen LogP contribution in [0.15, 0.2) is 49.1 Å². The molecule has 2 rings (SSSR count). The van der Waals surface area contributed by atoms with E-state index in [1.165, 1.54) is 5.39 Å². The van der Waals surface area contributed by atoms with Gasteiger partial charge in [-0.25, -0.2) is 0 Å². The van der Waals surface area contributed by atoms with Crippen molar-refractivity contribution in [1.82, 2.24) is 0 Å². The summed E-state index contributed by atoms with van der Waals surface area (Å²) in [4.78, 5) is 0. The molecule has 94 valence electrons. The Morgan fingerprint density at radius 2 is 2.17 bits per heavy atom. The van der Waals surface area contributed by atoms with Crippen LogP contribution in [-0.2, 0) is 6.42 Å². The van der Waals surface area contributed by atoms with Gasteiger partial charge in [-0.3, -0.25) is 0 Å². The fourth-order valence-corrected chi connectivity index (χ4v) is 2.15. The van der Waals surface area contributed by atoms with Crippen molar-refractivity contribution in [3.63, 3.8) is 0 Å².